The van der Waals surface area contributed by atoms with E-state index in [0.717, 1.165) is 0 Å². The van der Waals surface area contributed by atoms with E-state index < -0.39 is 23.7 Å². The van der Waals surface area contributed by atoms with Crippen molar-refractivity contribution in [2.24, 2.45) is 5.92 Å². The highest BCUT2D eigenvalue weighted by atomic mass is 19.1. The van der Waals surface area contributed by atoms with Crippen molar-refractivity contribution >= 4 is 17.7 Å². The van der Waals surface area contributed by atoms with Crippen LogP contribution in [0, 0.1) is 11.7 Å². The molecule has 1 saturated carbocycles. The zero-order valence-corrected chi connectivity index (χ0v) is 11.6. The van der Waals surface area contributed by atoms with E-state index in [-0.39, 0.29) is 11.8 Å². The van der Waals surface area contributed by atoms with E-state index >= 15 is 0 Å². The number of halogens is 1. The van der Waals surface area contributed by atoms with Gasteiger partial charge < -0.3 is 20.5 Å². The van der Waals surface area contributed by atoms with Crippen LogP contribution in [0.5, 0.6) is 5.75 Å². The van der Waals surface area contributed by atoms with Crippen LogP contribution in [0.4, 0.5) is 14.9 Å². The van der Waals surface area contributed by atoms with Crippen LogP contribution in [0.15, 0.2) is 18.2 Å². The number of anilines is 1. The number of aliphatic carboxylic acids is 1. The molecular formula is C14H17FN2O4. The van der Waals surface area contributed by atoms with Gasteiger partial charge in [-0.3, -0.25) is 4.79 Å². The smallest absolute Gasteiger partial charge is 0.319 e. The molecule has 0 bridgehead atoms. The maximum atomic E-state index is 13.1. The molecule has 0 heterocycles. The van der Waals surface area contributed by atoms with Crippen LogP contribution in [0.1, 0.15) is 19.3 Å². The van der Waals surface area contributed by atoms with E-state index in [1.165, 1.54) is 25.3 Å². The molecule has 0 aromatic heterocycles. The molecule has 1 aliphatic carbocycles. The van der Waals surface area contributed by atoms with Crippen LogP contribution in [0.2, 0.25) is 0 Å². The number of carboxylic acid groups (broad SMARTS) is 1. The lowest BCUT2D eigenvalue weighted by atomic mass is 10.1. The molecule has 114 valence electrons. The fraction of sp³-hybridized carbons (Fsp3) is 0.429. The first-order valence-corrected chi connectivity index (χ1v) is 6.63. The number of benzene rings is 1. The molecule has 0 unspecified atom stereocenters. The van der Waals surface area contributed by atoms with Crippen molar-refractivity contribution < 1.29 is 23.8 Å². The lowest BCUT2D eigenvalue weighted by Crippen LogP contribution is -2.36. The summed E-state index contributed by atoms with van der Waals surface area (Å²) in [6.45, 7) is 0. The maximum Gasteiger partial charge on any atom is 0.319 e. The molecule has 1 aromatic carbocycles. The minimum atomic E-state index is -0.833. The Labute approximate surface area is 121 Å². The molecule has 0 radical (unpaired) electrons. The zero-order chi connectivity index (χ0) is 15.4. The van der Waals surface area contributed by atoms with Gasteiger partial charge in [0, 0.05) is 12.1 Å². The Morgan fingerprint density at radius 3 is 2.76 bits per heavy atom. The first-order valence-electron chi connectivity index (χ1n) is 6.63. The Bertz CT molecular complexity index is 550. The van der Waals surface area contributed by atoms with Gasteiger partial charge in [0.2, 0.25) is 0 Å². The molecule has 1 aliphatic rings. The van der Waals surface area contributed by atoms with Gasteiger partial charge in [0.15, 0.2) is 0 Å². The normalized spacial score (nSPS) is 20.9. The van der Waals surface area contributed by atoms with Gasteiger partial charge in [-0.25, -0.2) is 9.18 Å². The number of ether oxygens (including phenoxy) is 1. The minimum absolute atomic E-state index is 0.169. The monoisotopic (exact) mass is 296 g/mol. The third kappa shape index (κ3) is 3.84. The summed E-state index contributed by atoms with van der Waals surface area (Å²) in [6.07, 6.45) is 1.61. The third-order valence-electron chi connectivity index (χ3n) is 3.53. The number of carboxylic acids is 1. The van der Waals surface area contributed by atoms with Crippen LogP contribution in [0.3, 0.4) is 0 Å². The van der Waals surface area contributed by atoms with E-state index in [1.54, 1.807) is 0 Å². The minimum Gasteiger partial charge on any atom is -0.494 e. The molecule has 1 fully saturated rings. The number of rotatable bonds is 4. The van der Waals surface area contributed by atoms with Crippen molar-refractivity contribution in [3.8, 4) is 5.75 Å². The summed E-state index contributed by atoms with van der Waals surface area (Å²) < 4.78 is 18.0. The summed E-state index contributed by atoms with van der Waals surface area (Å²) >= 11 is 0. The van der Waals surface area contributed by atoms with E-state index in [4.69, 9.17) is 9.84 Å². The number of methoxy groups -OCH3 is 1. The Hall–Kier alpha value is -2.31. The average Bonchev–Trinajstić information content (AvgIpc) is 2.89. The molecule has 0 saturated heterocycles. The summed E-state index contributed by atoms with van der Waals surface area (Å²) in [5.74, 6) is -1.48. The summed E-state index contributed by atoms with van der Waals surface area (Å²) in [6, 6.07) is 3.16. The number of carbonyl (C=O) groups excluding carboxylic acids is 1. The fourth-order valence-corrected chi connectivity index (χ4v) is 2.45. The van der Waals surface area contributed by atoms with E-state index in [9.17, 15) is 14.0 Å². The number of amides is 2. The Morgan fingerprint density at radius 1 is 1.38 bits per heavy atom. The van der Waals surface area contributed by atoms with Gasteiger partial charge >= 0.3 is 12.0 Å². The lowest BCUT2D eigenvalue weighted by molar-refractivity contribution is -0.141. The highest BCUT2D eigenvalue weighted by molar-refractivity contribution is 5.91. The molecule has 7 heteroatoms. The maximum absolute atomic E-state index is 13.1. The van der Waals surface area contributed by atoms with Crippen LogP contribution in [-0.4, -0.2) is 30.3 Å². The molecule has 2 amide bonds. The van der Waals surface area contributed by atoms with Gasteiger partial charge in [-0.1, -0.05) is 0 Å². The second-order valence-electron chi connectivity index (χ2n) is 4.99. The third-order valence-corrected chi connectivity index (χ3v) is 3.53. The second kappa shape index (κ2) is 6.43. The van der Waals surface area contributed by atoms with Gasteiger partial charge in [-0.15, -0.1) is 0 Å². The van der Waals surface area contributed by atoms with Crippen LogP contribution >= 0.6 is 0 Å². The fourth-order valence-electron chi connectivity index (χ4n) is 2.45. The van der Waals surface area contributed by atoms with Gasteiger partial charge in [0.1, 0.15) is 11.6 Å². The lowest BCUT2D eigenvalue weighted by Gasteiger charge is -2.15. The predicted molar refractivity (Wildman–Crippen MR) is 73.9 cm³/mol. The van der Waals surface area contributed by atoms with Gasteiger partial charge in [-0.05, 0) is 31.4 Å². The van der Waals surface area contributed by atoms with Crippen molar-refractivity contribution in [3.05, 3.63) is 24.0 Å². The SMILES string of the molecule is COc1cc(F)ccc1NC(=O)N[C@H]1CC[C@@H](C(=O)O)C1. The van der Waals surface area contributed by atoms with Crippen LogP contribution in [0.25, 0.3) is 0 Å². The van der Waals surface area contributed by atoms with Crippen molar-refractivity contribution in [2.75, 3.05) is 12.4 Å². The molecule has 0 spiro atoms. The largest absolute Gasteiger partial charge is 0.494 e. The number of nitrogens with one attached hydrogen (secondary N) is 2. The Kier molecular flexibility index (Phi) is 4.62. The number of hydrogen-bond acceptors (Lipinski definition) is 3. The van der Waals surface area contributed by atoms with Gasteiger partial charge in [0.25, 0.3) is 0 Å². The molecule has 0 aliphatic heterocycles. The quantitative estimate of drug-likeness (QED) is 0.795. The Morgan fingerprint density at radius 2 is 2.14 bits per heavy atom. The Balaban J connectivity index is 1.92. The molecule has 21 heavy (non-hydrogen) atoms. The van der Waals surface area contributed by atoms with Gasteiger partial charge in [0.05, 0.1) is 18.7 Å². The molecule has 6 nitrogen and oxygen atoms in total. The predicted octanol–water partition coefficient (Wildman–Crippen LogP) is 2.21. The first-order chi connectivity index (χ1) is 9.99. The second-order valence-corrected chi connectivity index (χ2v) is 4.99. The standard InChI is InChI=1S/C14H17FN2O4/c1-21-12-7-9(15)3-5-11(12)17-14(20)16-10-4-2-8(6-10)13(18)19/h3,5,7-8,10H,2,4,6H2,1H3,(H,18,19)(H2,16,17,20)/t8-,10+/m1/s1. The van der Waals surface area contributed by atoms with E-state index in [2.05, 4.69) is 10.6 Å². The van der Waals surface area contributed by atoms with Crippen molar-refractivity contribution in [3.63, 3.8) is 0 Å². The highest BCUT2D eigenvalue weighted by Crippen LogP contribution is 2.27. The van der Waals surface area contributed by atoms with Gasteiger partial charge in [-0.2, -0.15) is 0 Å². The summed E-state index contributed by atoms with van der Waals surface area (Å²) in [4.78, 5) is 22.7. The summed E-state index contributed by atoms with van der Waals surface area (Å²) in [5, 5.41) is 14.2. The topological polar surface area (TPSA) is 87.7 Å². The number of carbonyl (C=O) groups is 2. The summed E-state index contributed by atoms with van der Waals surface area (Å²) in [7, 11) is 1.38. The van der Waals surface area contributed by atoms with E-state index in [0.29, 0.717) is 24.9 Å². The van der Waals surface area contributed by atoms with Crippen molar-refractivity contribution in [1.29, 1.82) is 0 Å². The first kappa shape index (κ1) is 15.1. The van der Waals surface area contributed by atoms with Crippen LogP contribution in [-0.2, 0) is 4.79 Å². The van der Waals surface area contributed by atoms with Crippen LogP contribution < -0.4 is 15.4 Å². The van der Waals surface area contributed by atoms with E-state index in [1.807, 2.05) is 0 Å². The highest BCUT2D eigenvalue weighted by Gasteiger charge is 2.30. The van der Waals surface area contributed by atoms with Crippen molar-refractivity contribution in [1.82, 2.24) is 5.32 Å². The molecule has 3 N–H and O–H groups in total. The molecule has 2 rings (SSSR count). The van der Waals surface area contributed by atoms with Crippen molar-refractivity contribution in [2.45, 2.75) is 25.3 Å². The zero-order valence-electron chi connectivity index (χ0n) is 11.6. The summed E-state index contributed by atoms with van der Waals surface area (Å²) in [5.41, 5.74) is 0.351. The number of hydrogen-bond donors (Lipinski definition) is 3. The molecular weight excluding hydrogens is 279 g/mol. The number of urea groups is 1. The average molecular weight is 296 g/mol. The molecule has 2 atom stereocenters. The molecule has 1 aromatic rings.